The van der Waals surface area contributed by atoms with Gasteiger partial charge < -0.3 is 5.11 Å². The van der Waals surface area contributed by atoms with Gasteiger partial charge in [0.1, 0.15) is 5.60 Å². The lowest BCUT2D eigenvalue weighted by molar-refractivity contribution is 0.0222. The molecule has 1 aliphatic rings. The van der Waals surface area contributed by atoms with Gasteiger partial charge >= 0.3 is 0 Å². The highest BCUT2D eigenvalue weighted by Crippen LogP contribution is 2.46. The van der Waals surface area contributed by atoms with Crippen molar-refractivity contribution in [3.63, 3.8) is 0 Å². The second-order valence-electron chi connectivity index (χ2n) is 6.05. The Hall–Kier alpha value is -1.21. The SMILES string of the molecule is O=S(=O)(CCc1ccccc1)NCC(O)(c1cccs1)C1CC1. The summed E-state index contributed by atoms with van der Waals surface area (Å²) in [4.78, 5) is 0.839. The smallest absolute Gasteiger partial charge is 0.212 e. The molecule has 1 fully saturated rings. The number of aryl methyl sites for hydroxylation is 1. The van der Waals surface area contributed by atoms with Gasteiger partial charge in [-0.3, -0.25) is 0 Å². The van der Waals surface area contributed by atoms with E-state index in [1.807, 2.05) is 47.8 Å². The van der Waals surface area contributed by atoms with E-state index in [1.54, 1.807) is 0 Å². The summed E-state index contributed by atoms with van der Waals surface area (Å²) in [6.45, 7) is 0.0509. The molecule has 6 heteroatoms. The van der Waals surface area contributed by atoms with Gasteiger partial charge in [-0.05, 0) is 42.2 Å². The number of nitrogens with one attached hydrogen (secondary N) is 1. The van der Waals surface area contributed by atoms with E-state index in [1.165, 1.54) is 11.3 Å². The topological polar surface area (TPSA) is 66.4 Å². The lowest BCUT2D eigenvalue weighted by atomic mass is 9.96. The monoisotopic (exact) mass is 351 g/mol. The first-order valence-electron chi connectivity index (χ1n) is 7.77. The van der Waals surface area contributed by atoms with Crippen molar-refractivity contribution in [2.24, 2.45) is 5.92 Å². The van der Waals surface area contributed by atoms with Crippen LogP contribution in [0.1, 0.15) is 23.3 Å². The van der Waals surface area contributed by atoms with Crippen molar-refractivity contribution in [3.05, 3.63) is 58.3 Å². The Labute approximate surface area is 141 Å². The zero-order valence-corrected chi connectivity index (χ0v) is 14.4. The second-order valence-corrected chi connectivity index (χ2v) is 8.93. The molecular formula is C17H21NO3S2. The molecule has 3 rings (SSSR count). The van der Waals surface area contributed by atoms with Crippen LogP contribution < -0.4 is 4.72 Å². The second kappa shape index (κ2) is 6.73. The Morgan fingerprint density at radius 2 is 1.91 bits per heavy atom. The normalized spacial score (nSPS) is 17.8. The summed E-state index contributed by atoms with van der Waals surface area (Å²) in [5.74, 6) is 0.181. The maximum absolute atomic E-state index is 12.2. The molecule has 23 heavy (non-hydrogen) atoms. The molecule has 0 aliphatic heterocycles. The maximum atomic E-state index is 12.2. The molecule has 0 spiro atoms. The minimum absolute atomic E-state index is 0.0300. The Morgan fingerprint density at radius 3 is 2.52 bits per heavy atom. The number of sulfonamides is 1. The Morgan fingerprint density at radius 1 is 1.17 bits per heavy atom. The average Bonchev–Trinajstić information content (AvgIpc) is 3.27. The summed E-state index contributed by atoms with van der Waals surface area (Å²) < 4.78 is 27.1. The van der Waals surface area contributed by atoms with E-state index in [2.05, 4.69) is 4.72 Å². The molecule has 1 aromatic carbocycles. The van der Waals surface area contributed by atoms with Gasteiger partial charge in [0, 0.05) is 11.4 Å². The van der Waals surface area contributed by atoms with Crippen molar-refractivity contribution in [3.8, 4) is 0 Å². The minimum Gasteiger partial charge on any atom is -0.383 e. The Bertz CT molecular complexity index is 724. The fourth-order valence-electron chi connectivity index (χ4n) is 2.71. The van der Waals surface area contributed by atoms with Crippen LogP contribution in [0, 0.1) is 5.92 Å². The number of hydrogen-bond donors (Lipinski definition) is 2. The molecule has 1 unspecified atom stereocenters. The van der Waals surface area contributed by atoms with E-state index >= 15 is 0 Å². The van der Waals surface area contributed by atoms with Crippen LogP contribution in [-0.2, 0) is 22.0 Å². The molecule has 2 aromatic rings. The van der Waals surface area contributed by atoms with Crippen molar-refractivity contribution in [2.45, 2.75) is 24.9 Å². The fraction of sp³-hybridized carbons (Fsp3) is 0.412. The van der Waals surface area contributed by atoms with Gasteiger partial charge in [-0.25, -0.2) is 13.1 Å². The zero-order valence-electron chi connectivity index (χ0n) is 12.8. The highest BCUT2D eigenvalue weighted by Gasteiger charge is 2.46. The van der Waals surface area contributed by atoms with Crippen molar-refractivity contribution in [1.29, 1.82) is 0 Å². The first-order chi connectivity index (χ1) is 11.0. The number of aliphatic hydroxyl groups is 1. The highest BCUT2D eigenvalue weighted by atomic mass is 32.2. The standard InChI is InChI=1S/C17H21NO3S2/c19-17(15-8-9-15,16-7-4-11-22-16)13-18-23(20,21)12-10-14-5-2-1-3-6-14/h1-7,11,15,18-19H,8-10,12-13H2. The molecule has 0 bridgehead atoms. The predicted molar refractivity (Wildman–Crippen MR) is 92.9 cm³/mol. The van der Waals surface area contributed by atoms with Gasteiger partial charge in [0.25, 0.3) is 0 Å². The maximum Gasteiger partial charge on any atom is 0.212 e. The summed E-state index contributed by atoms with van der Waals surface area (Å²) in [6, 6.07) is 13.3. The van der Waals surface area contributed by atoms with Gasteiger partial charge in [0.15, 0.2) is 0 Å². The Kier molecular flexibility index (Phi) is 4.87. The molecule has 2 N–H and O–H groups in total. The van der Waals surface area contributed by atoms with E-state index < -0.39 is 15.6 Å². The van der Waals surface area contributed by atoms with E-state index in [4.69, 9.17) is 0 Å². The van der Waals surface area contributed by atoms with Crippen molar-refractivity contribution in [2.75, 3.05) is 12.3 Å². The van der Waals surface area contributed by atoms with Crippen LogP contribution >= 0.6 is 11.3 Å². The van der Waals surface area contributed by atoms with Gasteiger partial charge in [-0.15, -0.1) is 11.3 Å². The molecule has 1 aliphatic carbocycles. The summed E-state index contributed by atoms with van der Waals surface area (Å²) in [5, 5.41) is 12.9. The third-order valence-electron chi connectivity index (χ3n) is 4.26. The summed E-state index contributed by atoms with van der Waals surface area (Å²) in [5.41, 5.74) is -0.0814. The van der Waals surface area contributed by atoms with Crippen molar-refractivity contribution in [1.82, 2.24) is 4.72 Å². The van der Waals surface area contributed by atoms with Crippen LogP contribution in [0.2, 0.25) is 0 Å². The van der Waals surface area contributed by atoms with Gasteiger partial charge in [0.05, 0.1) is 5.75 Å². The molecule has 4 nitrogen and oxygen atoms in total. The molecule has 1 heterocycles. The molecular weight excluding hydrogens is 330 g/mol. The number of hydrogen-bond acceptors (Lipinski definition) is 4. The van der Waals surface area contributed by atoms with Gasteiger partial charge in [-0.2, -0.15) is 0 Å². The van der Waals surface area contributed by atoms with Crippen LogP contribution in [0.4, 0.5) is 0 Å². The average molecular weight is 351 g/mol. The van der Waals surface area contributed by atoms with E-state index in [9.17, 15) is 13.5 Å². The third-order valence-corrected chi connectivity index (χ3v) is 6.63. The summed E-state index contributed by atoms with van der Waals surface area (Å²) in [7, 11) is -3.42. The quantitative estimate of drug-likeness (QED) is 0.768. The molecule has 1 atom stereocenters. The fourth-order valence-corrected chi connectivity index (χ4v) is 4.70. The van der Waals surface area contributed by atoms with Crippen LogP contribution in [0.3, 0.4) is 0 Å². The van der Waals surface area contributed by atoms with Crippen LogP contribution in [0.15, 0.2) is 47.8 Å². The van der Waals surface area contributed by atoms with Gasteiger partial charge in [0.2, 0.25) is 10.0 Å². The van der Waals surface area contributed by atoms with E-state index in [-0.39, 0.29) is 18.2 Å². The number of benzene rings is 1. The van der Waals surface area contributed by atoms with Crippen LogP contribution in [0.5, 0.6) is 0 Å². The third kappa shape index (κ3) is 4.20. The lowest BCUT2D eigenvalue weighted by Crippen LogP contribution is -2.42. The molecule has 0 saturated heterocycles. The molecule has 1 saturated carbocycles. The predicted octanol–water partition coefficient (Wildman–Crippen LogP) is 2.51. The van der Waals surface area contributed by atoms with Crippen molar-refractivity contribution >= 4 is 21.4 Å². The first-order valence-corrected chi connectivity index (χ1v) is 10.3. The number of thiophene rings is 1. The lowest BCUT2D eigenvalue weighted by Gasteiger charge is -2.27. The Balaban J connectivity index is 1.61. The van der Waals surface area contributed by atoms with Crippen LogP contribution in [0.25, 0.3) is 0 Å². The largest absolute Gasteiger partial charge is 0.383 e. The molecule has 0 amide bonds. The van der Waals surface area contributed by atoms with E-state index in [0.717, 1.165) is 23.3 Å². The van der Waals surface area contributed by atoms with Crippen molar-refractivity contribution < 1.29 is 13.5 Å². The van der Waals surface area contributed by atoms with E-state index in [0.29, 0.717) is 6.42 Å². The number of rotatable bonds is 8. The minimum atomic E-state index is -3.42. The molecule has 0 radical (unpaired) electrons. The first kappa shape index (κ1) is 16.6. The molecule has 124 valence electrons. The van der Waals surface area contributed by atoms with Crippen LogP contribution in [-0.4, -0.2) is 25.8 Å². The highest BCUT2D eigenvalue weighted by molar-refractivity contribution is 7.89. The summed E-state index contributed by atoms with van der Waals surface area (Å²) >= 11 is 1.47. The summed E-state index contributed by atoms with van der Waals surface area (Å²) in [6.07, 6.45) is 2.36. The van der Waals surface area contributed by atoms with Gasteiger partial charge in [-0.1, -0.05) is 36.4 Å². The zero-order chi connectivity index (χ0) is 16.3. The molecule has 1 aromatic heterocycles.